The molecule has 48 heavy (non-hydrogen) atoms. The first-order valence-electron chi connectivity index (χ1n) is 15.4. The topological polar surface area (TPSA) is 215 Å². The normalized spacial score (nSPS) is 12.8. The van der Waals surface area contributed by atoms with E-state index in [1.54, 1.807) is 18.2 Å². The lowest BCUT2D eigenvalue weighted by atomic mass is 9.98. The Bertz CT molecular complexity index is 2130. The van der Waals surface area contributed by atoms with E-state index in [1.807, 2.05) is 32.9 Å². The minimum atomic E-state index is -1.32. The first kappa shape index (κ1) is 33.6. The van der Waals surface area contributed by atoms with E-state index in [0.717, 1.165) is 27.8 Å². The molecule has 0 saturated carbocycles. The standard InChI is InChI=1S/C36H36N4O8/c1-5-20-17(2)25-13-26-18(3)21(6-9-33(41)42)29(38-26)15-31-23(8-11-35(45)46)24(12-36(47)48)32(40-31)16-30-22(7-10-34(43)44)19(4)27(39-30)14-28(20)37-25/h5,13-16,37,40H,1,6-12H2,2-4H3,(H,41,42)(H,43,44)(H,45,46)(H,47,48)/p-3. The Hall–Kier alpha value is -5.78. The van der Waals surface area contributed by atoms with Crippen LogP contribution >= 0.6 is 0 Å². The van der Waals surface area contributed by atoms with Crippen molar-refractivity contribution in [1.29, 1.82) is 0 Å². The van der Waals surface area contributed by atoms with E-state index >= 15 is 0 Å². The number of hydrogen-bond acceptors (Lipinski definition) is 9. The van der Waals surface area contributed by atoms with Gasteiger partial charge in [-0.25, -0.2) is 9.97 Å². The first-order valence-corrected chi connectivity index (χ1v) is 15.4. The largest absolute Gasteiger partial charge is 0.550 e. The number of aromatic amines is 2. The van der Waals surface area contributed by atoms with Crippen molar-refractivity contribution in [2.75, 3.05) is 0 Å². The van der Waals surface area contributed by atoms with Crippen LogP contribution in [-0.2, 0) is 32.0 Å². The van der Waals surface area contributed by atoms with Gasteiger partial charge in [0.25, 0.3) is 0 Å². The highest BCUT2D eigenvalue weighted by Gasteiger charge is 2.22. The van der Waals surface area contributed by atoms with Crippen LogP contribution in [-0.4, -0.2) is 48.9 Å². The number of aromatic nitrogens is 4. The zero-order valence-electron chi connectivity index (χ0n) is 26.7. The van der Waals surface area contributed by atoms with Gasteiger partial charge in [0.2, 0.25) is 0 Å². The second-order valence-corrected chi connectivity index (χ2v) is 11.8. The zero-order valence-corrected chi connectivity index (χ0v) is 26.7. The Morgan fingerprint density at radius 3 is 1.60 bits per heavy atom. The van der Waals surface area contributed by atoms with Crippen LogP contribution in [0.25, 0.3) is 50.4 Å². The van der Waals surface area contributed by atoms with E-state index in [2.05, 4.69) is 16.5 Å². The number of fused-ring (bicyclic) bond motifs is 8. The van der Waals surface area contributed by atoms with Crippen LogP contribution in [0.15, 0.2) is 30.8 Å². The summed E-state index contributed by atoms with van der Waals surface area (Å²) in [5, 5.41) is 44.4. The van der Waals surface area contributed by atoms with Gasteiger partial charge in [-0.1, -0.05) is 12.7 Å². The van der Waals surface area contributed by atoms with Gasteiger partial charge >= 0.3 is 5.97 Å². The number of allylic oxidation sites excluding steroid dienone is 4. The third kappa shape index (κ3) is 6.82. The summed E-state index contributed by atoms with van der Waals surface area (Å²) in [6.07, 6.45) is 0.482. The van der Waals surface area contributed by atoms with E-state index < -0.39 is 36.7 Å². The van der Waals surface area contributed by atoms with Gasteiger partial charge in [0.1, 0.15) is 0 Å². The van der Waals surface area contributed by atoms with Crippen LogP contribution in [0.1, 0.15) is 91.0 Å². The third-order valence-corrected chi connectivity index (χ3v) is 8.82. The Kier molecular flexibility index (Phi) is 9.46. The van der Waals surface area contributed by atoms with Crippen molar-refractivity contribution in [1.82, 2.24) is 19.9 Å². The van der Waals surface area contributed by atoms with Gasteiger partial charge in [0.15, 0.2) is 0 Å². The monoisotopic (exact) mass is 649 g/mol. The average molecular weight is 650 g/mol. The molecule has 0 radical (unpaired) electrons. The predicted octanol–water partition coefficient (Wildman–Crippen LogP) is 2.50. The van der Waals surface area contributed by atoms with Gasteiger partial charge in [-0.3, -0.25) is 4.79 Å². The highest BCUT2D eigenvalue weighted by Crippen LogP contribution is 2.37. The SMILES string of the molecule is C=Cc1c(C)c2cc3nc(cc4[nH]c(cc5nc(cc1[nH]2)C(C)=C5CCC(=O)[O-])c(CC(=O)O)c4CCC(=O)[O-])C(CCC(=O)[O-])=C3C. The van der Waals surface area contributed by atoms with Crippen molar-refractivity contribution in [3.8, 4) is 0 Å². The fraction of sp³-hybridized carbons (Fsp3) is 0.278. The summed E-state index contributed by atoms with van der Waals surface area (Å²) >= 11 is 0. The third-order valence-electron chi connectivity index (χ3n) is 8.82. The zero-order chi connectivity index (χ0) is 34.9. The molecule has 0 amide bonds. The van der Waals surface area contributed by atoms with Crippen molar-refractivity contribution in [3.63, 3.8) is 0 Å². The van der Waals surface area contributed by atoms with Crippen LogP contribution in [0.5, 0.6) is 0 Å². The summed E-state index contributed by atoms with van der Waals surface area (Å²) < 4.78 is 0. The molecule has 12 heteroatoms. The number of aliphatic carboxylic acids is 4. The molecule has 0 fully saturated rings. The molecule has 5 rings (SSSR count). The Morgan fingerprint density at radius 2 is 1.12 bits per heavy atom. The van der Waals surface area contributed by atoms with Gasteiger partial charge in [0.05, 0.1) is 29.2 Å². The number of carbonyl (C=O) groups is 4. The molecule has 0 unspecified atom stereocenters. The molecular weight excluding hydrogens is 616 g/mol. The van der Waals surface area contributed by atoms with E-state index in [9.17, 15) is 39.6 Å². The average Bonchev–Trinajstić information content (AvgIpc) is 3.67. The molecular formula is C36H33N4O8-3. The maximum Gasteiger partial charge on any atom is 0.307 e. The number of H-pyrrole nitrogens is 2. The molecule has 3 N–H and O–H groups in total. The number of nitrogens with zero attached hydrogens (tertiary/aromatic N) is 2. The molecule has 0 aliphatic carbocycles. The van der Waals surface area contributed by atoms with Gasteiger partial charge in [-0.15, -0.1) is 0 Å². The van der Waals surface area contributed by atoms with Gasteiger partial charge in [0, 0.05) is 45.5 Å². The van der Waals surface area contributed by atoms with E-state index in [1.165, 1.54) is 0 Å². The lowest BCUT2D eigenvalue weighted by Crippen LogP contribution is -2.22. The second kappa shape index (κ2) is 13.5. The fourth-order valence-electron chi connectivity index (χ4n) is 6.32. The van der Waals surface area contributed by atoms with E-state index in [0.29, 0.717) is 61.6 Å². The van der Waals surface area contributed by atoms with Crippen LogP contribution in [0.3, 0.4) is 0 Å². The van der Waals surface area contributed by atoms with Gasteiger partial charge in [-0.05, 0) is 123 Å². The number of hydrogen-bond donors (Lipinski definition) is 3. The molecule has 2 aliphatic heterocycles. The van der Waals surface area contributed by atoms with Crippen LogP contribution < -0.4 is 15.3 Å². The van der Waals surface area contributed by atoms with E-state index in [-0.39, 0.29) is 32.1 Å². The molecule has 2 aliphatic rings. The maximum atomic E-state index is 12.1. The Balaban J connectivity index is 1.97. The molecule has 0 aromatic carbocycles. The minimum Gasteiger partial charge on any atom is -0.550 e. The smallest absolute Gasteiger partial charge is 0.307 e. The lowest BCUT2D eigenvalue weighted by molar-refractivity contribution is -0.306. The molecule has 8 bridgehead atoms. The quantitative estimate of drug-likeness (QED) is 0.261. The van der Waals surface area contributed by atoms with Crippen molar-refractivity contribution in [2.45, 2.75) is 65.7 Å². The summed E-state index contributed by atoms with van der Waals surface area (Å²) in [4.78, 5) is 63.0. The molecule has 0 spiro atoms. The van der Waals surface area contributed by atoms with Crippen molar-refractivity contribution < 1.29 is 39.6 Å². The summed E-state index contributed by atoms with van der Waals surface area (Å²) in [6, 6.07) is 6.99. The number of carboxylic acid groups (broad SMARTS) is 4. The van der Waals surface area contributed by atoms with Crippen molar-refractivity contribution >= 4 is 74.3 Å². The molecule has 3 aromatic heterocycles. The number of carboxylic acids is 4. The Labute approximate surface area is 275 Å². The molecule has 248 valence electrons. The molecule has 3 aromatic rings. The highest BCUT2D eigenvalue weighted by molar-refractivity contribution is 5.96. The fourth-order valence-corrected chi connectivity index (χ4v) is 6.32. The maximum absolute atomic E-state index is 12.1. The number of carbonyl (C=O) groups excluding carboxylic acids is 3. The molecule has 0 saturated heterocycles. The number of nitrogens with one attached hydrogen (secondary N) is 2. The second-order valence-electron chi connectivity index (χ2n) is 11.8. The van der Waals surface area contributed by atoms with E-state index in [4.69, 9.17) is 9.97 Å². The summed E-state index contributed by atoms with van der Waals surface area (Å²) in [5.41, 5.74) is 9.31. The van der Waals surface area contributed by atoms with Gasteiger partial charge < -0.3 is 44.8 Å². The molecule has 5 heterocycles. The molecule has 12 nitrogen and oxygen atoms in total. The first-order chi connectivity index (χ1) is 22.8. The minimum absolute atomic E-state index is 0.0628. The van der Waals surface area contributed by atoms with Crippen LogP contribution in [0, 0.1) is 6.92 Å². The van der Waals surface area contributed by atoms with Crippen LogP contribution in [0.4, 0.5) is 0 Å². The van der Waals surface area contributed by atoms with Crippen LogP contribution in [0.2, 0.25) is 0 Å². The van der Waals surface area contributed by atoms with Gasteiger partial charge in [-0.2, -0.15) is 0 Å². The number of rotatable bonds is 12. The predicted molar refractivity (Wildman–Crippen MR) is 174 cm³/mol. The van der Waals surface area contributed by atoms with Crippen molar-refractivity contribution in [2.24, 2.45) is 0 Å². The Morgan fingerprint density at radius 1 is 0.688 bits per heavy atom. The summed E-state index contributed by atoms with van der Waals surface area (Å²) in [7, 11) is 0. The summed E-state index contributed by atoms with van der Waals surface area (Å²) in [5.74, 6) is -4.95. The number of aryl methyl sites for hydroxylation is 2. The molecule has 0 atom stereocenters. The lowest BCUT2D eigenvalue weighted by Gasteiger charge is -2.07. The summed E-state index contributed by atoms with van der Waals surface area (Å²) in [6.45, 7) is 9.58. The highest BCUT2D eigenvalue weighted by atomic mass is 16.4. The van der Waals surface area contributed by atoms with Crippen molar-refractivity contribution in [3.05, 3.63) is 75.9 Å².